The Labute approximate surface area is 202 Å². The van der Waals surface area contributed by atoms with Crippen LogP contribution in [0.2, 0.25) is 0 Å². The van der Waals surface area contributed by atoms with Crippen molar-refractivity contribution in [2.24, 2.45) is 0 Å². The Morgan fingerprint density at radius 2 is 1.51 bits per heavy atom. The molecular formula is C24H20F4N2O4S. The molecule has 1 unspecified atom stereocenters. The van der Waals surface area contributed by atoms with Crippen molar-refractivity contribution in [2.45, 2.75) is 17.1 Å². The molecule has 35 heavy (non-hydrogen) atoms. The number of carbonyl (C=O) groups is 2. The molecule has 0 saturated heterocycles. The van der Waals surface area contributed by atoms with E-state index < -0.39 is 46.0 Å². The monoisotopic (exact) mass is 508 g/mol. The number of thioether (sulfide) groups is 1. The third-order valence-corrected chi connectivity index (χ3v) is 5.87. The van der Waals surface area contributed by atoms with E-state index in [4.69, 9.17) is 9.47 Å². The average molecular weight is 508 g/mol. The fourth-order valence-electron chi connectivity index (χ4n) is 2.99. The molecule has 0 bridgehead atoms. The minimum atomic E-state index is -1.70. The number of amides is 2. The molecule has 0 radical (unpaired) electrons. The Hall–Kier alpha value is -3.73. The zero-order chi connectivity index (χ0) is 25.7. The van der Waals surface area contributed by atoms with Gasteiger partial charge in [0.15, 0.2) is 34.8 Å². The second kappa shape index (κ2) is 11.1. The number of hydrogen-bond donors (Lipinski definition) is 2. The van der Waals surface area contributed by atoms with E-state index >= 15 is 0 Å². The number of halogens is 4. The van der Waals surface area contributed by atoms with Crippen molar-refractivity contribution in [1.29, 1.82) is 0 Å². The highest BCUT2D eigenvalue weighted by atomic mass is 32.2. The first kappa shape index (κ1) is 25.9. The van der Waals surface area contributed by atoms with Gasteiger partial charge in [-0.15, -0.1) is 11.8 Å². The summed E-state index contributed by atoms with van der Waals surface area (Å²) in [5.74, 6) is -7.10. The fourth-order valence-corrected chi connectivity index (χ4v) is 3.92. The van der Waals surface area contributed by atoms with Crippen molar-refractivity contribution in [3.63, 3.8) is 0 Å². The second-order valence-electron chi connectivity index (χ2n) is 7.14. The lowest BCUT2D eigenvalue weighted by molar-refractivity contribution is -0.115. The lowest BCUT2D eigenvalue weighted by Gasteiger charge is -2.14. The summed E-state index contributed by atoms with van der Waals surface area (Å²) in [6.07, 6.45) is 0. The van der Waals surface area contributed by atoms with Crippen LogP contribution in [0.3, 0.4) is 0 Å². The van der Waals surface area contributed by atoms with Crippen LogP contribution in [0.25, 0.3) is 0 Å². The number of ether oxygens (including phenoxy) is 2. The van der Waals surface area contributed by atoms with Crippen LogP contribution in [0.1, 0.15) is 17.3 Å². The van der Waals surface area contributed by atoms with Crippen molar-refractivity contribution >= 4 is 35.0 Å². The molecule has 11 heteroatoms. The van der Waals surface area contributed by atoms with E-state index in [1.165, 1.54) is 27.2 Å². The normalized spacial score (nSPS) is 11.5. The summed E-state index contributed by atoms with van der Waals surface area (Å²) >= 11 is 1.01. The van der Waals surface area contributed by atoms with Gasteiger partial charge >= 0.3 is 0 Å². The Morgan fingerprint density at radius 1 is 0.857 bits per heavy atom. The molecule has 0 aliphatic heterocycles. The molecule has 0 fully saturated rings. The second-order valence-corrected chi connectivity index (χ2v) is 8.56. The number of rotatable bonds is 8. The molecule has 3 aromatic rings. The summed E-state index contributed by atoms with van der Waals surface area (Å²) in [6, 6.07) is 11.3. The molecule has 0 spiro atoms. The molecule has 0 aliphatic rings. The zero-order valence-electron chi connectivity index (χ0n) is 18.7. The predicted molar refractivity (Wildman–Crippen MR) is 124 cm³/mol. The molecule has 0 aliphatic carbocycles. The van der Waals surface area contributed by atoms with Crippen LogP contribution in [-0.2, 0) is 4.79 Å². The third-order valence-electron chi connectivity index (χ3n) is 4.78. The van der Waals surface area contributed by atoms with Crippen LogP contribution in [0.4, 0.5) is 28.9 Å². The van der Waals surface area contributed by atoms with E-state index in [2.05, 4.69) is 5.32 Å². The number of anilines is 2. The maximum absolute atomic E-state index is 13.8. The van der Waals surface area contributed by atoms with Gasteiger partial charge in [0.2, 0.25) is 5.91 Å². The SMILES string of the molecule is COc1ccc(C(=O)Nc2cccc(SC(C)C(=O)Nc3c(F)c(F)cc(F)c3F)c2)cc1OC. The highest BCUT2D eigenvalue weighted by molar-refractivity contribution is 8.00. The summed E-state index contributed by atoms with van der Waals surface area (Å²) in [6.45, 7) is 1.44. The van der Waals surface area contributed by atoms with Crippen LogP contribution in [-0.4, -0.2) is 31.3 Å². The number of nitrogens with one attached hydrogen (secondary N) is 2. The Kier molecular flexibility index (Phi) is 8.23. The Morgan fingerprint density at radius 3 is 2.14 bits per heavy atom. The molecular weight excluding hydrogens is 488 g/mol. The topological polar surface area (TPSA) is 76.7 Å². The van der Waals surface area contributed by atoms with Crippen LogP contribution in [0.15, 0.2) is 53.4 Å². The largest absolute Gasteiger partial charge is 0.493 e. The number of benzene rings is 3. The molecule has 0 aromatic heterocycles. The Bertz CT molecular complexity index is 1250. The molecule has 0 saturated carbocycles. The van der Waals surface area contributed by atoms with Crippen molar-refractivity contribution in [1.82, 2.24) is 0 Å². The molecule has 0 heterocycles. The van der Waals surface area contributed by atoms with Crippen molar-refractivity contribution in [3.8, 4) is 11.5 Å². The highest BCUT2D eigenvalue weighted by Gasteiger charge is 2.23. The summed E-state index contributed by atoms with van der Waals surface area (Å²) in [5, 5.41) is 3.71. The molecule has 2 amide bonds. The van der Waals surface area contributed by atoms with E-state index in [1.54, 1.807) is 36.4 Å². The van der Waals surface area contributed by atoms with Crippen LogP contribution in [0.5, 0.6) is 11.5 Å². The van der Waals surface area contributed by atoms with Crippen molar-refractivity contribution in [3.05, 3.63) is 77.4 Å². The number of hydrogen-bond acceptors (Lipinski definition) is 5. The van der Waals surface area contributed by atoms with E-state index in [0.29, 0.717) is 27.6 Å². The molecule has 2 N–H and O–H groups in total. The maximum atomic E-state index is 13.8. The van der Waals surface area contributed by atoms with Gasteiger partial charge in [0, 0.05) is 22.2 Å². The van der Waals surface area contributed by atoms with Gasteiger partial charge in [-0.1, -0.05) is 6.07 Å². The standard InChI is InChI=1S/C24H20F4N2O4S/c1-12(23(31)30-22-20(27)16(25)11-17(26)21(22)28)35-15-6-4-5-14(10-15)29-24(32)13-7-8-18(33-2)19(9-13)34-3/h4-12H,1-3H3,(H,29,32)(H,30,31). The van der Waals surface area contributed by atoms with Crippen molar-refractivity contribution in [2.75, 3.05) is 24.9 Å². The van der Waals surface area contributed by atoms with Gasteiger partial charge in [-0.3, -0.25) is 9.59 Å². The van der Waals surface area contributed by atoms with Crippen LogP contribution < -0.4 is 20.1 Å². The van der Waals surface area contributed by atoms with E-state index in [1.807, 2.05) is 5.32 Å². The first-order valence-corrected chi connectivity index (χ1v) is 11.0. The third kappa shape index (κ3) is 6.04. The highest BCUT2D eigenvalue weighted by Crippen LogP contribution is 2.30. The van der Waals surface area contributed by atoms with Gasteiger partial charge in [-0.05, 0) is 43.3 Å². The number of methoxy groups -OCH3 is 2. The fraction of sp³-hybridized carbons (Fsp3) is 0.167. The average Bonchev–Trinajstić information content (AvgIpc) is 2.84. The smallest absolute Gasteiger partial charge is 0.255 e. The van der Waals surface area contributed by atoms with Crippen molar-refractivity contribution < 1.29 is 36.6 Å². The first-order valence-electron chi connectivity index (χ1n) is 10.1. The minimum absolute atomic E-state index is 0.0559. The molecule has 6 nitrogen and oxygen atoms in total. The predicted octanol–water partition coefficient (Wildman–Crippen LogP) is 5.63. The summed E-state index contributed by atoms with van der Waals surface area (Å²) in [4.78, 5) is 25.6. The van der Waals surface area contributed by atoms with Gasteiger partial charge in [0.1, 0.15) is 5.69 Å². The van der Waals surface area contributed by atoms with Gasteiger partial charge in [-0.25, -0.2) is 17.6 Å². The van der Waals surface area contributed by atoms with Gasteiger partial charge in [0.25, 0.3) is 5.91 Å². The summed E-state index contributed by atoms with van der Waals surface area (Å²) in [5.41, 5.74) is -0.456. The lowest BCUT2D eigenvalue weighted by Crippen LogP contribution is -2.24. The van der Waals surface area contributed by atoms with Crippen LogP contribution >= 0.6 is 11.8 Å². The number of carbonyl (C=O) groups excluding carboxylic acids is 2. The first-order chi connectivity index (χ1) is 16.6. The van der Waals surface area contributed by atoms with E-state index in [-0.39, 0.29) is 6.07 Å². The lowest BCUT2D eigenvalue weighted by atomic mass is 10.2. The molecule has 184 valence electrons. The molecule has 3 aromatic carbocycles. The van der Waals surface area contributed by atoms with E-state index in [9.17, 15) is 27.2 Å². The van der Waals surface area contributed by atoms with Crippen LogP contribution in [0, 0.1) is 23.3 Å². The maximum Gasteiger partial charge on any atom is 0.255 e. The van der Waals surface area contributed by atoms with Gasteiger partial charge < -0.3 is 20.1 Å². The quantitative estimate of drug-likeness (QED) is 0.234. The summed E-state index contributed by atoms with van der Waals surface area (Å²) in [7, 11) is 2.93. The molecule has 3 rings (SSSR count). The molecule has 1 atom stereocenters. The van der Waals surface area contributed by atoms with Gasteiger partial charge in [-0.2, -0.15) is 0 Å². The minimum Gasteiger partial charge on any atom is -0.493 e. The zero-order valence-corrected chi connectivity index (χ0v) is 19.6. The van der Waals surface area contributed by atoms with Gasteiger partial charge in [0.05, 0.1) is 19.5 Å². The Balaban J connectivity index is 1.69. The van der Waals surface area contributed by atoms with E-state index in [0.717, 1.165) is 11.8 Å². The summed E-state index contributed by atoms with van der Waals surface area (Å²) < 4.78 is 64.8.